The van der Waals surface area contributed by atoms with Crippen molar-refractivity contribution in [3.8, 4) is 5.75 Å². The minimum absolute atomic E-state index is 0.0253. The third kappa shape index (κ3) is 5.85. The fourth-order valence-electron chi connectivity index (χ4n) is 3.47. The van der Waals surface area contributed by atoms with Crippen molar-refractivity contribution >= 4 is 12.1 Å². The SMILES string of the molecule is COC(=O)C1(Oc2cc(C(F)(F)F)ccc2CN2CCN(C(=O)OC(C)(C)C)CC2)CC1. The van der Waals surface area contributed by atoms with Crippen molar-refractivity contribution in [1.29, 1.82) is 0 Å². The summed E-state index contributed by atoms with van der Waals surface area (Å²) < 4.78 is 55.7. The van der Waals surface area contributed by atoms with Crippen molar-refractivity contribution in [2.24, 2.45) is 0 Å². The highest BCUT2D eigenvalue weighted by Crippen LogP contribution is 2.43. The summed E-state index contributed by atoms with van der Waals surface area (Å²) in [5, 5.41) is 0. The average molecular weight is 458 g/mol. The molecule has 0 radical (unpaired) electrons. The van der Waals surface area contributed by atoms with Gasteiger partial charge in [-0.3, -0.25) is 4.90 Å². The van der Waals surface area contributed by atoms with Crippen LogP contribution in [0.2, 0.25) is 0 Å². The number of hydrogen-bond donors (Lipinski definition) is 0. The maximum atomic E-state index is 13.3. The molecule has 1 aliphatic heterocycles. The van der Waals surface area contributed by atoms with Gasteiger partial charge in [0, 0.05) is 51.1 Å². The summed E-state index contributed by atoms with van der Waals surface area (Å²) in [6.07, 6.45) is -4.13. The number of hydrogen-bond acceptors (Lipinski definition) is 6. The van der Waals surface area contributed by atoms with Crippen LogP contribution in [0, 0.1) is 0 Å². The molecule has 1 amide bonds. The lowest BCUT2D eigenvalue weighted by Gasteiger charge is -2.36. The highest BCUT2D eigenvalue weighted by molar-refractivity contribution is 5.83. The summed E-state index contributed by atoms with van der Waals surface area (Å²) in [5.41, 5.74) is -2.10. The molecule has 0 bridgehead atoms. The van der Waals surface area contributed by atoms with Gasteiger partial charge in [0.2, 0.25) is 5.60 Å². The Morgan fingerprint density at radius 1 is 1.06 bits per heavy atom. The second-order valence-corrected chi connectivity index (χ2v) is 9.15. The summed E-state index contributed by atoms with van der Waals surface area (Å²) in [6, 6.07) is 3.33. The summed E-state index contributed by atoms with van der Waals surface area (Å²) in [6.45, 7) is 7.67. The first-order valence-corrected chi connectivity index (χ1v) is 10.5. The van der Waals surface area contributed by atoms with E-state index in [-0.39, 0.29) is 11.8 Å². The van der Waals surface area contributed by atoms with E-state index < -0.39 is 28.9 Å². The molecule has 178 valence electrons. The van der Waals surface area contributed by atoms with Crippen LogP contribution < -0.4 is 4.74 Å². The molecule has 0 N–H and O–H groups in total. The number of carbonyl (C=O) groups excluding carboxylic acids is 2. The molecule has 0 spiro atoms. The highest BCUT2D eigenvalue weighted by atomic mass is 19.4. The van der Waals surface area contributed by atoms with Gasteiger partial charge in [0.1, 0.15) is 11.4 Å². The zero-order chi connectivity index (χ0) is 23.7. The van der Waals surface area contributed by atoms with Crippen LogP contribution in [-0.4, -0.2) is 66.4 Å². The maximum absolute atomic E-state index is 13.3. The van der Waals surface area contributed by atoms with Gasteiger partial charge in [-0.15, -0.1) is 0 Å². The Morgan fingerprint density at radius 3 is 2.19 bits per heavy atom. The largest absolute Gasteiger partial charge is 0.475 e. The zero-order valence-electron chi connectivity index (χ0n) is 18.8. The van der Waals surface area contributed by atoms with E-state index in [4.69, 9.17) is 14.2 Å². The second-order valence-electron chi connectivity index (χ2n) is 9.15. The van der Waals surface area contributed by atoms with Gasteiger partial charge in [-0.2, -0.15) is 13.2 Å². The molecule has 10 heteroatoms. The quantitative estimate of drug-likeness (QED) is 0.625. The Hall–Kier alpha value is -2.49. The highest BCUT2D eigenvalue weighted by Gasteiger charge is 2.54. The lowest BCUT2D eigenvalue weighted by Crippen LogP contribution is -2.49. The topological polar surface area (TPSA) is 68.3 Å². The van der Waals surface area contributed by atoms with Gasteiger partial charge in [-0.05, 0) is 32.9 Å². The van der Waals surface area contributed by atoms with Crippen molar-refractivity contribution in [2.75, 3.05) is 33.3 Å². The van der Waals surface area contributed by atoms with Crippen LogP contribution in [0.25, 0.3) is 0 Å². The van der Waals surface area contributed by atoms with E-state index in [0.717, 1.165) is 12.1 Å². The van der Waals surface area contributed by atoms with E-state index in [1.54, 1.807) is 25.7 Å². The first kappa shape index (κ1) is 24.2. The van der Waals surface area contributed by atoms with Crippen LogP contribution in [-0.2, 0) is 27.0 Å². The fourth-order valence-corrected chi connectivity index (χ4v) is 3.47. The van der Waals surface area contributed by atoms with E-state index in [1.165, 1.54) is 13.2 Å². The van der Waals surface area contributed by atoms with Crippen molar-refractivity contribution in [2.45, 2.75) is 57.5 Å². The molecule has 1 saturated carbocycles. The van der Waals surface area contributed by atoms with E-state index in [0.29, 0.717) is 51.1 Å². The number of piperazine rings is 1. The summed E-state index contributed by atoms with van der Waals surface area (Å²) in [4.78, 5) is 27.9. The number of rotatable bonds is 5. The Morgan fingerprint density at radius 2 is 1.69 bits per heavy atom. The van der Waals surface area contributed by atoms with E-state index in [9.17, 15) is 22.8 Å². The third-order valence-electron chi connectivity index (χ3n) is 5.38. The van der Waals surface area contributed by atoms with Crippen LogP contribution in [0.3, 0.4) is 0 Å². The van der Waals surface area contributed by atoms with Gasteiger partial charge in [0.15, 0.2) is 0 Å². The summed E-state index contributed by atoms with van der Waals surface area (Å²) in [5.74, 6) is -0.566. The van der Waals surface area contributed by atoms with Crippen LogP contribution in [0.4, 0.5) is 18.0 Å². The minimum atomic E-state index is -4.53. The molecule has 7 nitrogen and oxygen atoms in total. The summed E-state index contributed by atoms with van der Waals surface area (Å²) in [7, 11) is 1.23. The number of halogens is 3. The molecule has 0 atom stereocenters. The van der Waals surface area contributed by atoms with Gasteiger partial charge in [-0.25, -0.2) is 9.59 Å². The van der Waals surface area contributed by atoms with Crippen molar-refractivity contribution in [3.05, 3.63) is 29.3 Å². The fraction of sp³-hybridized carbons (Fsp3) is 0.636. The normalized spacial score (nSPS) is 18.8. The molecular formula is C22H29F3N2O5. The predicted octanol–water partition coefficient (Wildman–Crippen LogP) is 3.84. The molecule has 2 aliphatic rings. The Kier molecular flexibility index (Phi) is 6.65. The number of ether oxygens (including phenoxy) is 3. The standard InChI is InChI=1S/C22H29F3N2O5/c1-20(2,3)32-19(29)27-11-9-26(10-12-27)14-15-5-6-16(22(23,24)25)13-17(15)31-21(7-8-21)18(28)30-4/h5-6,13H,7-12,14H2,1-4H3. The first-order valence-electron chi connectivity index (χ1n) is 10.5. The van der Waals surface area contributed by atoms with Gasteiger partial charge < -0.3 is 19.1 Å². The van der Waals surface area contributed by atoms with Crippen molar-refractivity contribution in [3.63, 3.8) is 0 Å². The third-order valence-corrected chi connectivity index (χ3v) is 5.38. The van der Waals surface area contributed by atoms with E-state index in [2.05, 4.69) is 0 Å². The van der Waals surface area contributed by atoms with Crippen molar-refractivity contribution < 1.29 is 37.0 Å². The van der Waals surface area contributed by atoms with Crippen molar-refractivity contribution in [1.82, 2.24) is 9.80 Å². The number of amides is 1. The number of esters is 1. The molecule has 0 unspecified atom stereocenters. The van der Waals surface area contributed by atoms with Crippen LogP contribution in [0.1, 0.15) is 44.7 Å². The number of alkyl halides is 3. The average Bonchev–Trinajstić information content (AvgIpc) is 3.47. The summed E-state index contributed by atoms with van der Waals surface area (Å²) >= 11 is 0. The molecule has 1 saturated heterocycles. The van der Waals surface area contributed by atoms with Gasteiger partial charge >= 0.3 is 18.2 Å². The molecular weight excluding hydrogens is 429 g/mol. The molecule has 32 heavy (non-hydrogen) atoms. The van der Waals surface area contributed by atoms with Gasteiger partial charge in [0.25, 0.3) is 0 Å². The van der Waals surface area contributed by atoms with Crippen LogP contribution in [0.15, 0.2) is 18.2 Å². The van der Waals surface area contributed by atoms with Crippen LogP contribution >= 0.6 is 0 Å². The Balaban J connectivity index is 1.71. The molecule has 1 aromatic rings. The number of nitrogens with zero attached hydrogens (tertiary/aromatic N) is 2. The number of carbonyl (C=O) groups is 2. The molecule has 1 heterocycles. The lowest BCUT2D eigenvalue weighted by atomic mass is 10.1. The first-order chi connectivity index (χ1) is 14.8. The number of methoxy groups -OCH3 is 1. The molecule has 0 aromatic heterocycles. The molecule has 3 rings (SSSR count). The maximum Gasteiger partial charge on any atom is 0.416 e. The van der Waals surface area contributed by atoms with Gasteiger partial charge in [0.05, 0.1) is 12.7 Å². The monoisotopic (exact) mass is 458 g/mol. The van der Waals surface area contributed by atoms with Crippen LogP contribution in [0.5, 0.6) is 5.75 Å². The minimum Gasteiger partial charge on any atom is -0.475 e. The molecule has 2 fully saturated rings. The lowest BCUT2D eigenvalue weighted by molar-refractivity contribution is -0.151. The van der Waals surface area contributed by atoms with Gasteiger partial charge in [-0.1, -0.05) is 6.07 Å². The number of benzene rings is 1. The zero-order valence-corrected chi connectivity index (χ0v) is 18.8. The second kappa shape index (κ2) is 8.80. The molecule has 1 aliphatic carbocycles. The van der Waals surface area contributed by atoms with E-state index in [1.807, 2.05) is 4.90 Å². The Bertz CT molecular complexity index is 854. The van der Waals surface area contributed by atoms with E-state index >= 15 is 0 Å². The smallest absolute Gasteiger partial charge is 0.416 e. The Labute approximate surface area is 185 Å². The molecule has 1 aromatic carbocycles. The predicted molar refractivity (Wildman–Crippen MR) is 109 cm³/mol.